The van der Waals surface area contributed by atoms with Crippen LogP contribution in [0.25, 0.3) is 33.4 Å². The van der Waals surface area contributed by atoms with Crippen molar-refractivity contribution in [2.75, 3.05) is 0 Å². The van der Waals surface area contributed by atoms with Crippen molar-refractivity contribution in [2.24, 2.45) is 0 Å². The molecule has 0 heterocycles. The number of aryl methyl sites for hydroxylation is 1. The number of benzene rings is 5. The van der Waals surface area contributed by atoms with Gasteiger partial charge in [0.1, 0.15) is 17.1 Å². The molecule has 0 aromatic heterocycles. The van der Waals surface area contributed by atoms with E-state index in [1.54, 1.807) is 12.1 Å². The van der Waals surface area contributed by atoms with E-state index in [-0.39, 0.29) is 22.3 Å². The van der Waals surface area contributed by atoms with Crippen LogP contribution in [0.1, 0.15) is 11.1 Å². The summed E-state index contributed by atoms with van der Waals surface area (Å²) in [5, 5.41) is 0. The Morgan fingerprint density at radius 3 is 1.66 bits per heavy atom. The van der Waals surface area contributed by atoms with E-state index in [1.807, 2.05) is 31.2 Å². The summed E-state index contributed by atoms with van der Waals surface area (Å²) in [6, 6.07) is 20.0. The van der Waals surface area contributed by atoms with Gasteiger partial charge in [0, 0.05) is 17.2 Å². The molecular formula is C33H19F9O2. The number of ether oxygens (including phenoxy) is 2. The first kappa shape index (κ1) is 30.5. The van der Waals surface area contributed by atoms with Gasteiger partial charge >= 0.3 is 12.5 Å². The molecule has 0 aliphatic rings. The van der Waals surface area contributed by atoms with Crippen molar-refractivity contribution >= 4 is 0 Å². The summed E-state index contributed by atoms with van der Waals surface area (Å²) in [6.45, 7) is 1.94. The second-order valence-corrected chi connectivity index (χ2v) is 9.69. The predicted octanol–water partition coefficient (Wildman–Crippen LogP) is 10.6. The number of alkyl halides is 5. The molecule has 0 atom stereocenters. The largest absolute Gasteiger partial charge is 0.573 e. The zero-order chi connectivity index (χ0) is 31.8. The molecule has 0 unspecified atom stereocenters. The van der Waals surface area contributed by atoms with E-state index in [9.17, 15) is 35.1 Å². The number of rotatable bonds is 7. The van der Waals surface area contributed by atoms with Crippen LogP contribution in [0.15, 0.2) is 97.1 Å². The third-order valence-corrected chi connectivity index (χ3v) is 6.63. The van der Waals surface area contributed by atoms with Crippen LogP contribution < -0.4 is 9.47 Å². The zero-order valence-electron chi connectivity index (χ0n) is 22.5. The Bertz CT molecular complexity index is 1810. The average molecular weight is 618 g/mol. The van der Waals surface area contributed by atoms with Gasteiger partial charge in [0.25, 0.3) is 0 Å². The topological polar surface area (TPSA) is 18.5 Å². The standard InChI is InChI=1S/C33H19F9O2/c1-18-2-4-19(5-3-18)20-6-8-21(9-7-20)25-13-14-26(31(37)30(25)36)32(38,39)43-23-11-12-24(27(34)17-23)22-10-15-29(28(35)16-22)44-33(40,41)42/h2-17H,1H3. The molecule has 44 heavy (non-hydrogen) atoms. The number of hydrogen-bond acceptors (Lipinski definition) is 2. The fraction of sp³-hybridized carbons (Fsp3) is 0.0909. The summed E-state index contributed by atoms with van der Waals surface area (Å²) < 4.78 is 134. The van der Waals surface area contributed by atoms with Crippen LogP contribution in [0, 0.1) is 30.2 Å². The molecule has 0 aliphatic carbocycles. The third-order valence-electron chi connectivity index (χ3n) is 6.63. The summed E-state index contributed by atoms with van der Waals surface area (Å²) in [5.74, 6) is -8.02. The maximum atomic E-state index is 15.0. The van der Waals surface area contributed by atoms with Gasteiger partial charge in [-0.15, -0.1) is 13.2 Å². The minimum absolute atomic E-state index is 0.233. The molecule has 2 nitrogen and oxygen atoms in total. The molecule has 0 saturated heterocycles. The molecule has 0 saturated carbocycles. The van der Waals surface area contributed by atoms with Gasteiger partial charge in [-0.3, -0.25) is 0 Å². The first-order valence-corrected chi connectivity index (χ1v) is 12.8. The third kappa shape index (κ3) is 6.51. The number of hydrogen-bond donors (Lipinski definition) is 0. The Hall–Kier alpha value is -4.93. The monoisotopic (exact) mass is 618 g/mol. The van der Waals surface area contributed by atoms with Crippen LogP contribution in [0.5, 0.6) is 11.5 Å². The van der Waals surface area contributed by atoms with Gasteiger partial charge in [-0.25, -0.2) is 17.6 Å². The molecule has 226 valence electrons. The summed E-state index contributed by atoms with van der Waals surface area (Å²) in [5.41, 5.74) is 0.688. The molecule has 0 fully saturated rings. The van der Waals surface area contributed by atoms with E-state index in [2.05, 4.69) is 9.47 Å². The van der Waals surface area contributed by atoms with E-state index in [0.29, 0.717) is 24.3 Å². The lowest BCUT2D eigenvalue weighted by atomic mass is 9.98. The Labute approximate surface area is 244 Å². The van der Waals surface area contributed by atoms with E-state index in [1.165, 1.54) is 12.1 Å². The molecular weight excluding hydrogens is 599 g/mol. The molecule has 0 radical (unpaired) electrons. The quantitative estimate of drug-likeness (QED) is 0.169. The molecule has 0 aliphatic heterocycles. The van der Waals surface area contributed by atoms with E-state index in [0.717, 1.165) is 41.0 Å². The Balaban J connectivity index is 1.35. The summed E-state index contributed by atoms with van der Waals surface area (Å²) in [7, 11) is 0. The van der Waals surface area contributed by atoms with Crippen molar-refractivity contribution in [1.82, 2.24) is 0 Å². The highest BCUT2D eigenvalue weighted by Gasteiger charge is 2.39. The van der Waals surface area contributed by atoms with Crippen LogP contribution in [0.2, 0.25) is 0 Å². The van der Waals surface area contributed by atoms with Crippen LogP contribution in [-0.2, 0) is 6.11 Å². The summed E-state index contributed by atoms with van der Waals surface area (Å²) >= 11 is 0. The van der Waals surface area contributed by atoms with Crippen molar-refractivity contribution in [1.29, 1.82) is 0 Å². The van der Waals surface area contributed by atoms with Gasteiger partial charge in [0.2, 0.25) is 0 Å². The molecule has 5 aromatic carbocycles. The van der Waals surface area contributed by atoms with Crippen LogP contribution in [0.3, 0.4) is 0 Å². The fourth-order valence-electron chi connectivity index (χ4n) is 4.46. The second kappa shape index (κ2) is 11.6. The minimum Gasteiger partial charge on any atom is -0.429 e. The SMILES string of the molecule is Cc1ccc(-c2ccc(-c3ccc(C(F)(F)Oc4ccc(-c5ccc(OC(F)(F)F)c(F)c5)c(F)c4)c(F)c3F)cc2)cc1. The van der Waals surface area contributed by atoms with Crippen molar-refractivity contribution in [3.63, 3.8) is 0 Å². The maximum Gasteiger partial charge on any atom is 0.573 e. The maximum absolute atomic E-state index is 15.0. The van der Waals surface area contributed by atoms with Crippen molar-refractivity contribution in [3.05, 3.63) is 131 Å². The van der Waals surface area contributed by atoms with E-state index in [4.69, 9.17) is 0 Å². The normalized spacial score (nSPS) is 11.9. The van der Waals surface area contributed by atoms with Crippen molar-refractivity contribution in [2.45, 2.75) is 19.4 Å². The highest BCUT2D eigenvalue weighted by molar-refractivity contribution is 5.71. The minimum atomic E-state index is -5.16. The Morgan fingerprint density at radius 2 is 1.07 bits per heavy atom. The van der Waals surface area contributed by atoms with Gasteiger partial charge in [-0.2, -0.15) is 8.78 Å². The second-order valence-electron chi connectivity index (χ2n) is 9.69. The molecule has 11 heteroatoms. The number of halogens is 9. The Kier molecular flexibility index (Phi) is 8.07. The molecule has 5 aromatic rings. The Morgan fingerprint density at radius 1 is 0.500 bits per heavy atom. The highest BCUT2D eigenvalue weighted by atomic mass is 19.4. The van der Waals surface area contributed by atoms with E-state index < -0.39 is 52.8 Å². The first-order chi connectivity index (χ1) is 20.7. The van der Waals surface area contributed by atoms with Gasteiger partial charge in [-0.05, 0) is 59.5 Å². The molecule has 0 amide bonds. The smallest absolute Gasteiger partial charge is 0.429 e. The van der Waals surface area contributed by atoms with Crippen LogP contribution in [-0.4, -0.2) is 6.36 Å². The lowest BCUT2D eigenvalue weighted by Gasteiger charge is -2.20. The first-order valence-electron chi connectivity index (χ1n) is 12.8. The van der Waals surface area contributed by atoms with Crippen molar-refractivity contribution < 1.29 is 49.0 Å². The predicted molar refractivity (Wildman–Crippen MR) is 145 cm³/mol. The average Bonchev–Trinajstić information content (AvgIpc) is 2.95. The molecule has 0 bridgehead atoms. The van der Waals surface area contributed by atoms with Gasteiger partial charge < -0.3 is 9.47 Å². The molecule has 0 spiro atoms. The van der Waals surface area contributed by atoms with Gasteiger partial charge in [0.05, 0.1) is 0 Å². The molecule has 5 rings (SSSR count). The van der Waals surface area contributed by atoms with E-state index >= 15 is 4.39 Å². The van der Waals surface area contributed by atoms with Gasteiger partial charge in [0.15, 0.2) is 23.2 Å². The van der Waals surface area contributed by atoms with Crippen molar-refractivity contribution in [3.8, 4) is 44.9 Å². The van der Waals surface area contributed by atoms with Crippen LogP contribution in [0.4, 0.5) is 39.5 Å². The lowest BCUT2D eigenvalue weighted by Crippen LogP contribution is -2.24. The van der Waals surface area contributed by atoms with Crippen LogP contribution >= 0.6 is 0 Å². The fourth-order valence-corrected chi connectivity index (χ4v) is 4.46. The lowest BCUT2D eigenvalue weighted by molar-refractivity contribution is -0.275. The summed E-state index contributed by atoms with van der Waals surface area (Å²) in [4.78, 5) is 0. The highest BCUT2D eigenvalue weighted by Crippen LogP contribution is 2.38. The molecule has 0 N–H and O–H groups in total. The van der Waals surface area contributed by atoms with Gasteiger partial charge in [-0.1, -0.05) is 66.2 Å². The zero-order valence-corrected chi connectivity index (χ0v) is 22.5. The summed E-state index contributed by atoms with van der Waals surface area (Å²) in [6.07, 6.45) is -9.61.